The van der Waals surface area contributed by atoms with Crippen LogP contribution in [0.25, 0.3) is 11.4 Å². The molecule has 1 amide bonds. The van der Waals surface area contributed by atoms with Crippen LogP contribution in [0.1, 0.15) is 18.7 Å². The third-order valence-electron chi connectivity index (χ3n) is 3.83. The molecule has 1 atom stereocenters. The Labute approximate surface area is 146 Å². The van der Waals surface area contributed by atoms with E-state index in [1.54, 1.807) is 7.11 Å². The molecule has 1 aromatic heterocycles. The van der Waals surface area contributed by atoms with Crippen LogP contribution >= 0.6 is 12.4 Å². The maximum atomic E-state index is 11.9. The van der Waals surface area contributed by atoms with E-state index in [-0.39, 0.29) is 24.4 Å². The van der Waals surface area contributed by atoms with Gasteiger partial charge in [-0.2, -0.15) is 4.98 Å². The SMILES string of the molecule is COc1ccccc1-c1noc(CCNC(=O)C2CCCN2)n1.Cl. The normalized spacial score (nSPS) is 16.5. The average molecular weight is 353 g/mol. The number of benzene rings is 1. The summed E-state index contributed by atoms with van der Waals surface area (Å²) >= 11 is 0. The summed E-state index contributed by atoms with van der Waals surface area (Å²) in [5, 5.41) is 10.0. The summed E-state index contributed by atoms with van der Waals surface area (Å²) in [5.41, 5.74) is 0.782. The van der Waals surface area contributed by atoms with Crippen molar-refractivity contribution in [2.45, 2.75) is 25.3 Å². The number of para-hydroxylation sites is 1. The number of ether oxygens (including phenoxy) is 1. The van der Waals surface area contributed by atoms with E-state index in [0.717, 1.165) is 24.9 Å². The van der Waals surface area contributed by atoms with Crippen LogP contribution in [0, 0.1) is 0 Å². The third kappa shape index (κ3) is 4.24. The van der Waals surface area contributed by atoms with E-state index in [2.05, 4.69) is 20.8 Å². The molecule has 130 valence electrons. The number of amides is 1. The first-order chi connectivity index (χ1) is 11.3. The number of carbonyl (C=O) groups excluding carboxylic acids is 1. The van der Waals surface area contributed by atoms with Crippen molar-refractivity contribution in [2.24, 2.45) is 0 Å². The Bertz CT molecular complexity index is 671. The van der Waals surface area contributed by atoms with E-state index in [9.17, 15) is 4.79 Å². The van der Waals surface area contributed by atoms with Gasteiger partial charge in [-0.15, -0.1) is 12.4 Å². The maximum absolute atomic E-state index is 11.9. The molecule has 8 heteroatoms. The number of halogens is 1. The van der Waals surface area contributed by atoms with Crippen LogP contribution < -0.4 is 15.4 Å². The van der Waals surface area contributed by atoms with Crippen molar-refractivity contribution >= 4 is 18.3 Å². The van der Waals surface area contributed by atoms with Gasteiger partial charge in [-0.05, 0) is 31.5 Å². The second kappa shape index (κ2) is 8.65. The van der Waals surface area contributed by atoms with E-state index in [1.165, 1.54) is 0 Å². The van der Waals surface area contributed by atoms with Crippen molar-refractivity contribution in [1.29, 1.82) is 0 Å². The van der Waals surface area contributed by atoms with Gasteiger partial charge in [0.05, 0.1) is 18.7 Å². The summed E-state index contributed by atoms with van der Waals surface area (Å²) in [5.74, 6) is 1.71. The monoisotopic (exact) mass is 352 g/mol. The summed E-state index contributed by atoms with van der Waals surface area (Å²) in [6, 6.07) is 7.43. The summed E-state index contributed by atoms with van der Waals surface area (Å²) in [4.78, 5) is 16.2. The van der Waals surface area contributed by atoms with Gasteiger partial charge in [-0.25, -0.2) is 0 Å². The zero-order valence-corrected chi connectivity index (χ0v) is 14.3. The lowest BCUT2D eigenvalue weighted by molar-refractivity contribution is -0.122. The number of rotatable bonds is 6. The van der Waals surface area contributed by atoms with Gasteiger partial charge in [0.15, 0.2) is 0 Å². The molecule has 0 aliphatic carbocycles. The Balaban J connectivity index is 0.00000208. The Morgan fingerprint density at radius 2 is 2.29 bits per heavy atom. The van der Waals surface area contributed by atoms with Crippen LogP contribution in [0.4, 0.5) is 0 Å². The van der Waals surface area contributed by atoms with Crippen LogP contribution in [0.3, 0.4) is 0 Å². The molecule has 1 unspecified atom stereocenters. The van der Waals surface area contributed by atoms with Crippen molar-refractivity contribution in [2.75, 3.05) is 20.2 Å². The first-order valence-corrected chi connectivity index (χ1v) is 7.75. The molecule has 1 aliphatic heterocycles. The summed E-state index contributed by atoms with van der Waals surface area (Å²) < 4.78 is 10.5. The molecular formula is C16H21ClN4O3. The minimum absolute atomic E-state index is 0. The van der Waals surface area contributed by atoms with Crippen LogP contribution in [0.15, 0.2) is 28.8 Å². The number of hydrogen-bond donors (Lipinski definition) is 2. The van der Waals surface area contributed by atoms with Crippen LogP contribution in [-0.2, 0) is 11.2 Å². The topological polar surface area (TPSA) is 89.3 Å². The lowest BCUT2D eigenvalue weighted by atomic mass is 10.2. The molecule has 2 heterocycles. The van der Waals surface area contributed by atoms with Gasteiger partial charge in [-0.1, -0.05) is 17.3 Å². The minimum atomic E-state index is -0.0678. The summed E-state index contributed by atoms with van der Waals surface area (Å²) in [7, 11) is 1.60. The quantitative estimate of drug-likeness (QED) is 0.820. The predicted octanol–water partition coefficient (Wildman–Crippen LogP) is 1.58. The highest BCUT2D eigenvalue weighted by Gasteiger charge is 2.21. The van der Waals surface area contributed by atoms with Gasteiger partial charge in [0.2, 0.25) is 17.6 Å². The highest BCUT2D eigenvalue weighted by atomic mass is 35.5. The fourth-order valence-electron chi connectivity index (χ4n) is 2.62. The second-order valence-corrected chi connectivity index (χ2v) is 5.40. The molecule has 7 nitrogen and oxygen atoms in total. The number of carbonyl (C=O) groups is 1. The molecule has 2 aromatic rings. The van der Waals surface area contributed by atoms with Crippen LogP contribution in [-0.4, -0.2) is 42.3 Å². The molecular weight excluding hydrogens is 332 g/mol. The van der Waals surface area contributed by atoms with Gasteiger partial charge in [0.1, 0.15) is 5.75 Å². The average Bonchev–Trinajstić information content (AvgIpc) is 3.26. The first-order valence-electron chi connectivity index (χ1n) is 7.75. The zero-order chi connectivity index (χ0) is 16.1. The molecule has 0 saturated carbocycles. The van der Waals surface area contributed by atoms with Gasteiger partial charge in [0.25, 0.3) is 0 Å². The van der Waals surface area contributed by atoms with Crippen LogP contribution in [0.2, 0.25) is 0 Å². The molecule has 2 N–H and O–H groups in total. The molecule has 1 fully saturated rings. The number of aromatic nitrogens is 2. The van der Waals surface area contributed by atoms with E-state index in [4.69, 9.17) is 9.26 Å². The fraction of sp³-hybridized carbons (Fsp3) is 0.438. The lowest BCUT2D eigenvalue weighted by Gasteiger charge is -2.09. The minimum Gasteiger partial charge on any atom is -0.496 e. The van der Waals surface area contributed by atoms with Gasteiger partial charge in [0, 0.05) is 13.0 Å². The Kier molecular flexibility index (Phi) is 6.57. The smallest absolute Gasteiger partial charge is 0.237 e. The van der Waals surface area contributed by atoms with E-state index < -0.39 is 0 Å². The van der Waals surface area contributed by atoms with Crippen molar-refractivity contribution in [1.82, 2.24) is 20.8 Å². The lowest BCUT2D eigenvalue weighted by Crippen LogP contribution is -2.41. The van der Waals surface area contributed by atoms with Crippen molar-refractivity contribution < 1.29 is 14.1 Å². The number of nitrogens with one attached hydrogen (secondary N) is 2. The Morgan fingerprint density at radius 1 is 1.46 bits per heavy atom. The highest BCUT2D eigenvalue weighted by molar-refractivity contribution is 5.85. The maximum Gasteiger partial charge on any atom is 0.237 e. The van der Waals surface area contributed by atoms with Crippen LogP contribution in [0.5, 0.6) is 5.75 Å². The standard InChI is InChI=1S/C16H20N4O3.ClH/c1-22-13-7-3-2-5-11(13)15-19-14(23-20-15)8-10-18-16(21)12-6-4-9-17-12;/h2-3,5,7,12,17H,4,6,8-10H2,1H3,(H,18,21);1H. The number of methoxy groups -OCH3 is 1. The molecule has 1 aliphatic rings. The number of hydrogen-bond acceptors (Lipinski definition) is 6. The Hall–Kier alpha value is -2.12. The fourth-order valence-corrected chi connectivity index (χ4v) is 2.62. The largest absolute Gasteiger partial charge is 0.496 e. The molecule has 3 rings (SSSR count). The zero-order valence-electron chi connectivity index (χ0n) is 13.4. The highest BCUT2D eigenvalue weighted by Crippen LogP contribution is 2.26. The van der Waals surface area contributed by atoms with Crippen molar-refractivity contribution in [3.8, 4) is 17.1 Å². The van der Waals surface area contributed by atoms with Crippen molar-refractivity contribution in [3.63, 3.8) is 0 Å². The predicted molar refractivity (Wildman–Crippen MR) is 91.3 cm³/mol. The first kappa shape index (κ1) is 18.2. The number of nitrogens with zero attached hydrogens (tertiary/aromatic N) is 2. The molecule has 1 aromatic carbocycles. The third-order valence-corrected chi connectivity index (χ3v) is 3.83. The van der Waals surface area contributed by atoms with Gasteiger partial charge >= 0.3 is 0 Å². The molecule has 24 heavy (non-hydrogen) atoms. The van der Waals surface area contributed by atoms with E-state index in [0.29, 0.717) is 30.4 Å². The molecule has 0 spiro atoms. The van der Waals surface area contributed by atoms with Gasteiger partial charge in [-0.3, -0.25) is 4.79 Å². The van der Waals surface area contributed by atoms with Gasteiger partial charge < -0.3 is 19.9 Å². The summed E-state index contributed by atoms with van der Waals surface area (Å²) in [6.07, 6.45) is 2.44. The molecule has 0 bridgehead atoms. The van der Waals surface area contributed by atoms with E-state index >= 15 is 0 Å². The second-order valence-electron chi connectivity index (χ2n) is 5.40. The van der Waals surface area contributed by atoms with Crippen molar-refractivity contribution in [3.05, 3.63) is 30.2 Å². The van der Waals surface area contributed by atoms with E-state index in [1.807, 2.05) is 24.3 Å². The Morgan fingerprint density at radius 3 is 3.04 bits per heavy atom. The molecule has 0 radical (unpaired) electrons. The summed E-state index contributed by atoms with van der Waals surface area (Å²) in [6.45, 7) is 1.38. The molecule has 1 saturated heterocycles.